The first-order valence-electron chi connectivity index (χ1n) is 7.84. The number of benzene rings is 1. The molecular weight excluding hydrogens is 326 g/mol. The molecule has 24 heavy (non-hydrogen) atoms. The maximum Gasteiger partial charge on any atom is 0.338 e. The molecule has 128 valence electrons. The Labute approximate surface area is 145 Å². The molecule has 0 aliphatic rings. The van der Waals surface area contributed by atoms with Gasteiger partial charge in [0.2, 0.25) is 0 Å². The van der Waals surface area contributed by atoms with E-state index < -0.39 is 12.1 Å². The fourth-order valence-corrected chi connectivity index (χ4v) is 2.56. The second-order valence-corrected chi connectivity index (χ2v) is 6.25. The second kappa shape index (κ2) is 9.08. The van der Waals surface area contributed by atoms with Crippen molar-refractivity contribution in [2.45, 2.75) is 32.9 Å². The Morgan fingerprint density at radius 3 is 2.58 bits per heavy atom. The number of carbonyl (C=O) groups is 2. The van der Waals surface area contributed by atoms with E-state index in [1.807, 2.05) is 24.4 Å². The van der Waals surface area contributed by atoms with E-state index in [-0.39, 0.29) is 5.91 Å². The van der Waals surface area contributed by atoms with Crippen LogP contribution in [0.1, 0.15) is 35.5 Å². The zero-order chi connectivity index (χ0) is 17.4. The van der Waals surface area contributed by atoms with Crippen molar-refractivity contribution >= 4 is 23.2 Å². The second-order valence-electron chi connectivity index (χ2n) is 5.22. The van der Waals surface area contributed by atoms with Crippen LogP contribution >= 0.6 is 11.3 Å². The van der Waals surface area contributed by atoms with Crippen LogP contribution in [0.4, 0.5) is 0 Å². The zero-order valence-corrected chi connectivity index (χ0v) is 14.6. The molecule has 6 heteroatoms. The Morgan fingerprint density at radius 2 is 1.96 bits per heavy atom. The highest BCUT2D eigenvalue weighted by Gasteiger charge is 2.18. The summed E-state index contributed by atoms with van der Waals surface area (Å²) in [5.41, 5.74) is 0.386. The molecule has 0 saturated carbocycles. The fraction of sp³-hybridized carbons (Fsp3) is 0.333. The van der Waals surface area contributed by atoms with Crippen LogP contribution in [0.2, 0.25) is 0 Å². The highest BCUT2D eigenvalue weighted by Crippen LogP contribution is 2.14. The summed E-state index contributed by atoms with van der Waals surface area (Å²) in [5.74, 6) is -0.148. The van der Waals surface area contributed by atoms with Crippen molar-refractivity contribution in [3.8, 4) is 5.75 Å². The summed E-state index contributed by atoms with van der Waals surface area (Å²) in [5, 5.41) is 4.69. The first kappa shape index (κ1) is 18.0. The number of hydrogen-bond acceptors (Lipinski definition) is 5. The smallest absolute Gasteiger partial charge is 0.338 e. The van der Waals surface area contributed by atoms with Crippen molar-refractivity contribution in [1.82, 2.24) is 5.32 Å². The van der Waals surface area contributed by atoms with Crippen molar-refractivity contribution in [1.29, 1.82) is 0 Å². The Kier molecular flexibility index (Phi) is 6.81. The van der Waals surface area contributed by atoms with Crippen molar-refractivity contribution in [3.63, 3.8) is 0 Å². The largest absolute Gasteiger partial charge is 0.494 e. The first-order valence-corrected chi connectivity index (χ1v) is 8.72. The summed E-state index contributed by atoms with van der Waals surface area (Å²) in [6.45, 7) is 4.64. The Morgan fingerprint density at radius 1 is 1.21 bits per heavy atom. The standard InChI is InChI=1S/C18H21NO4S/c1-3-10-22-15-8-6-14(7-9-15)18(21)23-13(2)17(20)19-12-16-5-4-11-24-16/h4-9,11,13H,3,10,12H2,1-2H3,(H,19,20)/t13-/m0/s1. The van der Waals surface area contributed by atoms with Crippen LogP contribution in [0.5, 0.6) is 5.75 Å². The van der Waals surface area contributed by atoms with Gasteiger partial charge in [-0.05, 0) is 49.1 Å². The van der Waals surface area contributed by atoms with E-state index in [0.29, 0.717) is 24.5 Å². The minimum atomic E-state index is -0.853. The number of thiophene rings is 1. The van der Waals surface area contributed by atoms with E-state index in [2.05, 4.69) is 5.32 Å². The topological polar surface area (TPSA) is 64.6 Å². The summed E-state index contributed by atoms with van der Waals surface area (Å²) >= 11 is 1.56. The van der Waals surface area contributed by atoms with E-state index in [9.17, 15) is 9.59 Å². The lowest BCUT2D eigenvalue weighted by molar-refractivity contribution is -0.129. The van der Waals surface area contributed by atoms with Gasteiger partial charge < -0.3 is 14.8 Å². The minimum Gasteiger partial charge on any atom is -0.494 e. The number of esters is 1. The molecule has 1 heterocycles. The molecule has 1 amide bonds. The SMILES string of the molecule is CCCOc1ccc(C(=O)O[C@@H](C)C(=O)NCc2cccs2)cc1. The van der Waals surface area contributed by atoms with Gasteiger partial charge in [-0.2, -0.15) is 0 Å². The van der Waals surface area contributed by atoms with Gasteiger partial charge in [0, 0.05) is 4.88 Å². The molecule has 1 atom stereocenters. The van der Waals surface area contributed by atoms with Gasteiger partial charge in [-0.15, -0.1) is 11.3 Å². The average molecular weight is 347 g/mol. The van der Waals surface area contributed by atoms with Crippen molar-refractivity contribution in [2.24, 2.45) is 0 Å². The molecule has 1 aromatic heterocycles. The molecule has 1 N–H and O–H groups in total. The third kappa shape index (κ3) is 5.38. The molecule has 0 aliphatic carbocycles. The van der Waals surface area contributed by atoms with Gasteiger partial charge in [0.05, 0.1) is 18.7 Å². The number of carbonyl (C=O) groups excluding carboxylic acids is 2. The van der Waals surface area contributed by atoms with E-state index >= 15 is 0 Å². The number of rotatable bonds is 8. The van der Waals surface area contributed by atoms with Crippen molar-refractivity contribution in [3.05, 3.63) is 52.2 Å². The van der Waals surface area contributed by atoms with E-state index in [1.54, 1.807) is 42.5 Å². The normalized spacial score (nSPS) is 11.6. The number of ether oxygens (including phenoxy) is 2. The molecular formula is C18H21NO4S. The molecule has 0 bridgehead atoms. The van der Waals surface area contributed by atoms with Crippen LogP contribution in [-0.2, 0) is 16.1 Å². The Bertz CT molecular complexity index is 652. The highest BCUT2D eigenvalue weighted by molar-refractivity contribution is 7.09. The molecule has 0 saturated heterocycles. The number of nitrogens with one attached hydrogen (secondary N) is 1. The molecule has 2 rings (SSSR count). The maximum absolute atomic E-state index is 12.1. The monoisotopic (exact) mass is 347 g/mol. The van der Waals surface area contributed by atoms with Crippen LogP contribution in [0, 0.1) is 0 Å². The van der Waals surface area contributed by atoms with Gasteiger partial charge in [-0.3, -0.25) is 4.79 Å². The fourth-order valence-electron chi connectivity index (χ4n) is 1.92. The number of amides is 1. The van der Waals surface area contributed by atoms with Gasteiger partial charge in [0.25, 0.3) is 5.91 Å². The summed E-state index contributed by atoms with van der Waals surface area (Å²) in [4.78, 5) is 25.1. The van der Waals surface area contributed by atoms with Crippen LogP contribution in [-0.4, -0.2) is 24.6 Å². The summed E-state index contributed by atoms with van der Waals surface area (Å²) < 4.78 is 10.7. The average Bonchev–Trinajstić information content (AvgIpc) is 3.11. The molecule has 1 aromatic carbocycles. The molecule has 0 spiro atoms. The third-order valence-electron chi connectivity index (χ3n) is 3.23. The van der Waals surface area contributed by atoms with Gasteiger partial charge in [0.15, 0.2) is 6.10 Å². The van der Waals surface area contributed by atoms with Gasteiger partial charge in [0.1, 0.15) is 5.75 Å². The van der Waals surface area contributed by atoms with Crippen LogP contribution < -0.4 is 10.1 Å². The minimum absolute atomic E-state index is 0.320. The molecule has 0 unspecified atom stereocenters. The summed E-state index contributed by atoms with van der Waals surface area (Å²) in [7, 11) is 0. The molecule has 0 aliphatic heterocycles. The maximum atomic E-state index is 12.1. The Hall–Kier alpha value is -2.34. The third-order valence-corrected chi connectivity index (χ3v) is 4.11. The predicted molar refractivity (Wildman–Crippen MR) is 93.3 cm³/mol. The van der Waals surface area contributed by atoms with E-state index in [1.165, 1.54) is 0 Å². The van der Waals surface area contributed by atoms with Gasteiger partial charge >= 0.3 is 5.97 Å². The molecule has 0 fully saturated rings. The van der Waals surface area contributed by atoms with Crippen LogP contribution in [0.15, 0.2) is 41.8 Å². The van der Waals surface area contributed by atoms with E-state index in [0.717, 1.165) is 11.3 Å². The lowest BCUT2D eigenvalue weighted by atomic mass is 10.2. The summed E-state index contributed by atoms with van der Waals surface area (Å²) in [6, 6.07) is 10.5. The lowest BCUT2D eigenvalue weighted by Gasteiger charge is -2.13. The van der Waals surface area contributed by atoms with Gasteiger partial charge in [-0.1, -0.05) is 13.0 Å². The predicted octanol–water partition coefficient (Wildman–Crippen LogP) is 3.40. The molecule has 2 aromatic rings. The van der Waals surface area contributed by atoms with Gasteiger partial charge in [-0.25, -0.2) is 4.79 Å². The van der Waals surface area contributed by atoms with Crippen molar-refractivity contribution in [2.75, 3.05) is 6.61 Å². The van der Waals surface area contributed by atoms with Crippen LogP contribution in [0.25, 0.3) is 0 Å². The van der Waals surface area contributed by atoms with E-state index in [4.69, 9.17) is 9.47 Å². The summed E-state index contributed by atoms with van der Waals surface area (Å²) in [6.07, 6.45) is 0.0653. The van der Waals surface area contributed by atoms with Crippen molar-refractivity contribution < 1.29 is 19.1 Å². The molecule has 0 radical (unpaired) electrons. The lowest BCUT2D eigenvalue weighted by Crippen LogP contribution is -2.35. The zero-order valence-electron chi connectivity index (χ0n) is 13.8. The number of hydrogen-bond donors (Lipinski definition) is 1. The Balaban J connectivity index is 1.82. The van der Waals surface area contributed by atoms with Crippen LogP contribution in [0.3, 0.4) is 0 Å². The quantitative estimate of drug-likeness (QED) is 0.743. The molecule has 5 nitrogen and oxygen atoms in total. The highest BCUT2D eigenvalue weighted by atomic mass is 32.1. The first-order chi connectivity index (χ1) is 11.6.